The first-order chi connectivity index (χ1) is 9.46. The van der Waals surface area contributed by atoms with Crippen LogP contribution in [-0.4, -0.2) is 17.1 Å². The van der Waals surface area contributed by atoms with Gasteiger partial charge < -0.3 is 5.32 Å². The molecule has 0 amide bonds. The van der Waals surface area contributed by atoms with E-state index >= 15 is 0 Å². The summed E-state index contributed by atoms with van der Waals surface area (Å²) in [4.78, 5) is 4.04. The van der Waals surface area contributed by atoms with E-state index in [2.05, 4.69) is 31.1 Å². The lowest BCUT2D eigenvalue weighted by molar-refractivity contribution is 0.321. The van der Waals surface area contributed by atoms with Gasteiger partial charge in [0.2, 0.25) is 0 Å². The predicted molar refractivity (Wildman–Crippen MR) is 81.3 cm³/mol. The van der Waals surface area contributed by atoms with Crippen molar-refractivity contribution < 1.29 is 4.39 Å². The van der Waals surface area contributed by atoms with E-state index in [1.54, 1.807) is 6.07 Å². The van der Waals surface area contributed by atoms with Crippen LogP contribution in [0.15, 0.2) is 18.5 Å². The minimum atomic E-state index is -0.214. The summed E-state index contributed by atoms with van der Waals surface area (Å²) >= 11 is 0. The van der Waals surface area contributed by atoms with Gasteiger partial charge in [-0.2, -0.15) is 0 Å². The van der Waals surface area contributed by atoms with E-state index in [0.717, 1.165) is 18.5 Å². The van der Waals surface area contributed by atoms with Crippen molar-refractivity contribution in [1.29, 1.82) is 0 Å². The maximum atomic E-state index is 13.4. The van der Waals surface area contributed by atoms with Crippen LogP contribution < -0.4 is 5.32 Å². The van der Waals surface area contributed by atoms with E-state index in [1.807, 2.05) is 6.20 Å². The zero-order valence-electron chi connectivity index (χ0n) is 13.0. The Labute approximate surface area is 122 Å². The number of aromatic nitrogens is 1. The Bertz CT molecular complexity index is 425. The monoisotopic (exact) mass is 278 g/mol. The first kappa shape index (κ1) is 15.4. The third-order valence-corrected chi connectivity index (χ3v) is 4.21. The van der Waals surface area contributed by atoms with Crippen molar-refractivity contribution in [2.45, 2.75) is 64.3 Å². The van der Waals surface area contributed by atoms with E-state index in [0.29, 0.717) is 11.8 Å². The van der Waals surface area contributed by atoms with Crippen molar-refractivity contribution in [3.8, 4) is 0 Å². The second kappa shape index (κ2) is 6.66. The zero-order chi connectivity index (χ0) is 14.6. The van der Waals surface area contributed by atoms with Gasteiger partial charge in [-0.3, -0.25) is 4.98 Å². The molecular weight excluding hydrogens is 251 g/mol. The van der Waals surface area contributed by atoms with Crippen LogP contribution in [0.25, 0.3) is 0 Å². The Morgan fingerprint density at radius 2 is 1.95 bits per heavy atom. The molecule has 1 fully saturated rings. The summed E-state index contributed by atoms with van der Waals surface area (Å²) in [5.74, 6) is 0.810. The van der Waals surface area contributed by atoms with Gasteiger partial charge in [0, 0.05) is 11.7 Å². The summed E-state index contributed by atoms with van der Waals surface area (Å²) in [5.41, 5.74) is 1.21. The molecular formula is C17H27FN2. The molecule has 0 aromatic carbocycles. The molecule has 112 valence electrons. The molecule has 0 aliphatic heterocycles. The van der Waals surface area contributed by atoms with Crippen molar-refractivity contribution in [1.82, 2.24) is 10.3 Å². The number of halogens is 1. The number of hydrogen-bond donors (Lipinski definition) is 1. The first-order valence-corrected chi connectivity index (χ1v) is 7.81. The van der Waals surface area contributed by atoms with Crippen LogP contribution in [0.3, 0.4) is 0 Å². The van der Waals surface area contributed by atoms with Gasteiger partial charge in [0.1, 0.15) is 5.82 Å². The van der Waals surface area contributed by atoms with Crippen molar-refractivity contribution in [2.75, 3.05) is 6.54 Å². The van der Waals surface area contributed by atoms with Crippen LogP contribution in [0.5, 0.6) is 0 Å². The van der Waals surface area contributed by atoms with Gasteiger partial charge in [-0.05, 0) is 63.6 Å². The van der Waals surface area contributed by atoms with Crippen LogP contribution in [-0.2, 0) is 0 Å². The summed E-state index contributed by atoms with van der Waals surface area (Å²) in [6.07, 6.45) is 9.35. The largest absolute Gasteiger partial charge is 0.312 e. The zero-order valence-corrected chi connectivity index (χ0v) is 13.0. The van der Waals surface area contributed by atoms with E-state index in [-0.39, 0.29) is 11.4 Å². The number of nitrogens with zero attached hydrogens (tertiary/aromatic N) is 1. The molecule has 20 heavy (non-hydrogen) atoms. The third-order valence-electron chi connectivity index (χ3n) is 4.21. The van der Waals surface area contributed by atoms with E-state index < -0.39 is 0 Å². The highest BCUT2D eigenvalue weighted by atomic mass is 19.1. The van der Waals surface area contributed by atoms with Crippen molar-refractivity contribution in [2.24, 2.45) is 5.92 Å². The van der Waals surface area contributed by atoms with Crippen LogP contribution >= 0.6 is 0 Å². The molecule has 2 rings (SSSR count). The van der Waals surface area contributed by atoms with E-state index in [1.165, 1.54) is 31.9 Å². The topological polar surface area (TPSA) is 24.9 Å². The quantitative estimate of drug-likeness (QED) is 0.835. The summed E-state index contributed by atoms with van der Waals surface area (Å²) in [5, 5.41) is 3.62. The first-order valence-electron chi connectivity index (χ1n) is 7.81. The number of nitrogens with one attached hydrogen (secondary N) is 1. The summed E-state index contributed by atoms with van der Waals surface area (Å²) in [6.45, 7) is 7.60. The Kier molecular flexibility index (Phi) is 5.14. The molecule has 1 aromatic heterocycles. The maximum Gasteiger partial charge on any atom is 0.141 e. The van der Waals surface area contributed by atoms with Crippen LogP contribution in [0.1, 0.15) is 64.4 Å². The molecule has 3 heteroatoms. The lowest BCUT2D eigenvalue weighted by atomic mass is 9.82. The Hall–Kier alpha value is -0.960. The molecule has 0 bridgehead atoms. The predicted octanol–water partition coefficient (Wildman–Crippen LogP) is 4.27. The van der Waals surface area contributed by atoms with Crippen molar-refractivity contribution >= 4 is 0 Å². The van der Waals surface area contributed by atoms with E-state index in [4.69, 9.17) is 0 Å². The Balaban J connectivity index is 2.12. The minimum absolute atomic E-state index is 0.136. The number of pyridine rings is 1. The highest BCUT2D eigenvalue weighted by Crippen LogP contribution is 2.36. The van der Waals surface area contributed by atoms with Crippen molar-refractivity contribution in [3.05, 3.63) is 29.8 Å². The molecule has 1 aliphatic carbocycles. The lowest BCUT2D eigenvalue weighted by Gasteiger charge is -2.30. The average molecular weight is 278 g/mol. The van der Waals surface area contributed by atoms with Crippen molar-refractivity contribution in [3.63, 3.8) is 0 Å². The molecule has 1 aliphatic rings. The van der Waals surface area contributed by atoms with Gasteiger partial charge in [0.05, 0.1) is 6.20 Å². The molecule has 2 unspecified atom stereocenters. The van der Waals surface area contributed by atoms with Gasteiger partial charge in [0.15, 0.2) is 0 Å². The van der Waals surface area contributed by atoms with E-state index in [9.17, 15) is 4.39 Å². The normalized spacial score (nSPS) is 24.4. The van der Waals surface area contributed by atoms with Gasteiger partial charge in [-0.1, -0.05) is 19.3 Å². The minimum Gasteiger partial charge on any atom is -0.312 e. The number of hydrogen-bond acceptors (Lipinski definition) is 2. The molecule has 0 spiro atoms. The van der Waals surface area contributed by atoms with Crippen LogP contribution in [0, 0.1) is 11.7 Å². The molecule has 1 aromatic rings. The summed E-state index contributed by atoms with van der Waals surface area (Å²) < 4.78 is 13.4. The maximum absolute atomic E-state index is 13.4. The third kappa shape index (κ3) is 4.55. The molecule has 1 saturated carbocycles. The van der Waals surface area contributed by atoms with Gasteiger partial charge in [0.25, 0.3) is 0 Å². The Morgan fingerprint density at radius 3 is 2.65 bits per heavy atom. The molecule has 0 saturated heterocycles. The highest BCUT2D eigenvalue weighted by Gasteiger charge is 2.26. The van der Waals surface area contributed by atoms with Gasteiger partial charge in [-0.15, -0.1) is 0 Å². The lowest BCUT2D eigenvalue weighted by Crippen LogP contribution is -2.40. The van der Waals surface area contributed by atoms with Gasteiger partial charge in [-0.25, -0.2) is 4.39 Å². The molecule has 2 nitrogen and oxygen atoms in total. The molecule has 2 atom stereocenters. The fourth-order valence-electron chi connectivity index (χ4n) is 3.14. The molecule has 1 N–H and O–H groups in total. The standard InChI is InChI=1S/C17H27FN2/c1-17(2,3)20-11-13-7-5-4-6-8-16(13)14-9-15(18)12-19-10-14/h9-10,12-13,16,20H,4-8,11H2,1-3H3. The molecule has 1 heterocycles. The van der Waals surface area contributed by atoms with Crippen LogP contribution in [0.2, 0.25) is 0 Å². The highest BCUT2D eigenvalue weighted by molar-refractivity contribution is 5.17. The SMILES string of the molecule is CC(C)(C)NCC1CCCCCC1c1cncc(F)c1. The second-order valence-electron chi connectivity index (χ2n) is 7.07. The number of rotatable bonds is 3. The smallest absolute Gasteiger partial charge is 0.141 e. The molecule has 0 radical (unpaired) electrons. The fourth-order valence-corrected chi connectivity index (χ4v) is 3.14. The second-order valence-corrected chi connectivity index (χ2v) is 7.07. The Morgan fingerprint density at radius 1 is 1.20 bits per heavy atom. The average Bonchev–Trinajstić information content (AvgIpc) is 2.60. The summed E-state index contributed by atoms with van der Waals surface area (Å²) in [6, 6.07) is 1.67. The van der Waals surface area contributed by atoms with Gasteiger partial charge >= 0.3 is 0 Å². The van der Waals surface area contributed by atoms with Crippen LogP contribution in [0.4, 0.5) is 4.39 Å². The summed E-state index contributed by atoms with van der Waals surface area (Å²) in [7, 11) is 0. The fraction of sp³-hybridized carbons (Fsp3) is 0.706.